The van der Waals surface area contributed by atoms with E-state index in [4.69, 9.17) is 4.74 Å². The van der Waals surface area contributed by atoms with Crippen LogP contribution in [0.3, 0.4) is 0 Å². The number of carbonyl (C=O) groups excluding carboxylic acids is 2. The van der Waals surface area contributed by atoms with Crippen LogP contribution >= 0.6 is 11.3 Å². The van der Waals surface area contributed by atoms with E-state index >= 15 is 0 Å². The summed E-state index contributed by atoms with van der Waals surface area (Å²) in [5.41, 5.74) is 4.66. The molecule has 0 spiro atoms. The van der Waals surface area contributed by atoms with E-state index in [0.717, 1.165) is 53.7 Å². The molecule has 4 N–H and O–H groups in total. The summed E-state index contributed by atoms with van der Waals surface area (Å²) in [4.78, 5) is 27.4. The first-order valence-corrected chi connectivity index (χ1v) is 12.9. The number of rotatable bonds is 9. The van der Waals surface area contributed by atoms with Gasteiger partial charge in [-0.2, -0.15) is 5.10 Å². The van der Waals surface area contributed by atoms with Gasteiger partial charge in [-0.3, -0.25) is 14.7 Å². The molecule has 1 aromatic carbocycles. The number of nitrogens with zero attached hydrogens (tertiary/aromatic N) is 1. The summed E-state index contributed by atoms with van der Waals surface area (Å²) in [5.74, 6) is -0.393. The predicted octanol–water partition coefficient (Wildman–Crippen LogP) is 4.75. The van der Waals surface area contributed by atoms with Gasteiger partial charge in [0.1, 0.15) is 16.4 Å². The number of hydrogen-bond acceptors (Lipinski definition) is 6. The fourth-order valence-electron chi connectivity index (χ4n) is 4.26. The number of ether oxygens (including phenoxy) is 1. The minimum Gasteiger partial charge on any atom is -0.507 e. The van der Waals surface area contributed by atoms with Crippen molar-refractivity contribution in [2.24, 2.45) is 0 Å². The van der Waals surface area contributed by atoms with Crippen LogP contribution < -0.4 is 10.6 Å². The molecule has 0 aliphatic heterocycles. The number of amides is 2. The van der Waals surface area contributed by atoms with Crippen LogP contribution in [0.2, 0.25) is 0 Å². The maximum absolute atomic E-state index is 13.1. The summed E-state index contributed by atoms with van der Waals surface area (Å²) >= 11 is 1.48. The Morgan fingerprint density at radius 2 is 2.00 bits per heavy atom. The summed E-state index contributed by atoms with van der Waals surface area (Å²) < 4.78 is 5.34. The first kappa shape index (κ1) is 24.9. The van der Waals surface area contributed by atoms with Crippen LogP contribution in [0.1, 0.15) is 68.6 Å². The van der Waals surface area contributed by atoms with E-state index in [1.54, 1.807) is 12.1 Å². The second-order valence-electron chi connectivity index (χ2n) is 8.75. The summed E-state index contributed by atoms with van der Waals surface area (Å²) in [5, 5.41) is 24.0. The van der Waals surface area contributed by atoms with E-state index in [1.165, 1.54) is 11.3 Å². The lowest BCUT2D eigenvalue weighted by Crippen LogP contribution is -2.27. The largest absolute Gasteiger partial charge is 0.507 e. The highest BCUT2D eigenvalue weighted by Gasteiger charge is 2.27. The molecule has 2 amide bonds. The van der Waals surface area contributed by atoms with Gasteiger partial charge in [0.15, 0.2) is 0 Å². The molecular formula is C26H32N4O4S. The van der Waals surface area contributed by atoms with Crippen LogP contribution in [0, 0.1) is 13.8 Å². The fraction of sp³-hybridized carbons (Fsp3) is 0.423. The van der Waals surface area contributed by atoms with E-state index in [2.05, 4.69) is 20.8 Å². The SMILES string of the molecule is CCOCCCNC(=O)c1c(NC(=O)c2cc(-c3ccc(C)c(C)c3O)n[nH]2)sc2c1CCCC2. The number of benzene rings is 1. The Hall–Kier alpha value is -3.17. The van der Waals surface area contributed by atoms with E-state index < -0.39 is 0 Å². The number of phenols is 1. The normalized spacial score (nSPS) is 12.9. The number of aromatic nitrogens is 2. The molecule has 0 atom stereocenters. The first-order chi connectivity index (χ1) is 16.9. The van der Waals surface area contributed by atoms with Gasteiger partial charge in [0.05, 0.1) is 11.3 Å². The quantitative estimate of drug-likeness (QED) is 0.319. The van der Waals surface area contributed by atoms with Crippen molar-refractivity contribution in [3.63, 3.8) is 0 Å². The third-order valence-electron chi connectivity index (χ3n) is 6.38. The highest BCUT2D eigenvalue weighted by atomic mass is 32.1. The maximum atomic E-state index is 13.1. The monoisotopic (exact) mass is 496 g/mol. The Kier molecular flexibility index (Phi) is 7.87. The average Bonchev–Trinajstić information content (AvgIpc) is 3.47. The molecular weight excluding hydrogens is 464 g/mol. The summed E-state index contributed by atoms with van der Waals surface area (Å²) in [6.45, 7) is 7.48. The van der Waals surface area contributed by atoms with Crippen LogP contribution in [-0.2, 0) is 17.6 Å². The highest BCUT2D eigenvalue weighted by Crippen LogP contribution is 2.38. The number of fused-ring (bicyclic) bond motifs is 1. The molecule has 1 aliphatic rings. The van der Waals surface area contributed by atoms with Crippen LogP contribution in [0.4, 0.5) is 5.00 Å². The number of aromatic amines is 1. The molecule has 9 heteroatoms. The first-order valence-electron chi connectivity index (χ1n) is 12.1. The number of aromatic hydroxyl groups is 1. The zero-order valence-corrected chi connectivity index (χ0v) is 21.2. The zero-order chi connectivity index (χ0) is 24.9. The molecule has 4 rings (SSSR count). The van der Waals surface area contributed by atoms with Crippen LogP contribution in [0.25, 0.3) is 11.3 Å². The highest BCUT2D eigenvalue weighted by molar-refractivity contribution is 7.17. The summed E-state index contributed by atoms with van der Waals surface area (Å²) in [6, 6.07) is 5.31. The van der Waals surface area contributed by atoms with Crippen molar-refractivity contribution >= 4 is 28.2 Å². The van der Waals surface area contributed by atoms with E-state index in [9.17, 15) is 14.7 Å². The molecule has 0 bridgehead atoms. The molecule has 2 heterocycles. The van der Waals surface area contributed by atoms with Crippen molar-refractivity contribution in [2.75, 3.05) is 25.1 Å². The van der Waals surface area contributed by atoms with Crippen molar-refractivity contribution in [1.29, 1.82) is 0 Å². The minimum absolute atomic E-state index is 0.151. The van der Waals surface area contributed by atoms with Crippen molar-refractivity contribution in [3.05, 3.63) is 51.0 Å². The molecule has 0 radical (unpaired) electrons. The van der Waals surface area contributed by atoms with Crippen molar-refractivity contribution in [3.8, 4) is 17.0 Å². The van der Waals surface area contributed by atoms with Gasteiger partial charge in [-0.1, -0.05) is 6.07 Å². The number of H-pyrrole nitrogens is 1. The number of hydrogen-bond donors (Lipinski definition) is 4. The molecule has 0 saturated heterocycles. The van der Waals surface area contributed by atoms with E-state index in [-0.39, 0.29) is 23.3 Å². The molecule has 0 saturated carbocycles. The van der Waals surface area contributed by atoms with Crippen molar-refractivity contribution in [1.82, 2.24) is 15.5 Å². The summed E-state index contributed by atoms with van der Waals surface area (Å²) in [6.07, 6.45) is 4.60. The van der Waals surface area contributed by atoms with Gasteiger partial charge in [0, 0.05) is 30.2 Å². The van der Waals surface area contributed by atoms with Gasteiger partial charge in [-0.15, -0.1) is 11.3 Å². The van der Waals surface area contributed by atoms with E-state index in [0.29, 0.717) is 41.6 Å². The van der Waals surface area contributed by atoms with Gasteiger partial charge in [-0.05, 0) is 81.7 Å². The predicted molar refractivity (Wildman–Crippen MR) is 138 cm³/mol. The van der Waals surface area contributed by atoms with Crippen LogP contribution in [-0.4, -0.2) is 46.9 Å². The topological polar surface area (TPSA) is 116 Å². The lowest BCUT2D eigenvalue weighted by Gasteiger charge is -2.13. The van der Waals surface area contributed by atoms with Crippen molar-refractivity contribution < 1.29 is 19.4 Å². The van der Waals surface area contributed by atoms with Gasteiger partial charge in [-0.25, -0.2) is 0 Å². The van der Waals surface area contributed by atoms with Gasteiger partial charge in [0.25, 0.3) is 11.8 Å². The maximum Gasteiger partial charge on any atom is 0.274 e. The number of aryl methyl sites for hydroxylation is 2. The minimum atomic E-state index is -0.379. The number of nitrogens with one attached hydrogen (secondary N) is 3. The second kappa shape index (κ2) is 11.0. The standard InChI is InChI=1S/C26H32N4O4S/c1-4-34-13-7-12-27-25(33)22-18-8-5-6-9-21(18)35-26(22)28-24(32)20-14-19(29-30-20)17-11-10-15(2)16(3)23(17)31/h10-11,14,31H,4-9,12-13H2,1-3H3,(H,27,33)(H,28,32)(H,29,30). The van der Waals surface area contributed by atoms with Gasteiger partial charge >= 0.3 is 0 Å². The van der Waals surface area contributed by atoms with Gasteiger partial charge < -0.3 is 20.5 Å². The molecule has 0 unspecified atom stereocenters. The zero-order valence-electron chi connectivity index (χ0n) is 20.4. The Bertz CT molecular complexity index is 1230. The molecule has 1 aliphatic carbocycles. The van der Waals surface area contributed by atoms with Crippen molar-refractivity contribution in [2.45, 2.75) is 52.9 Å². The molecule has 2 aromatic heterocycles. The fourth-order valence-corrected chi connectivity index (χ4v) is 5.54. The molecule has 8 nitrogen and oxygen atoms in total. The lowest BCUT2D eigenvalue weighted by molar-refractivity contribution is 0.0944. The number of anilines is 1. The molecule has 3 aromatic rings. The second-order valence-corrected chi connectivity index (χ2v) is 9.85. The Balaban J connectivity index is 1.53. The molecule has 35 heavy (non-hydrogen) atoms. The molecule has 186 valence electrons. The summed E-state index contributed by atoms with van der Waals surface area (Å²) in [7, 11) is 0. The van der Waals surface area contributed by atoms with Crippen LogP contribution in [0.5, 0.6) is 5.75 Å². The smallest absolute Gasteiger partial charge is 0.274 e. The number of thiophene rings is 1. The third kappa shape index (κ3) is 5.41. The van der Waals surface area contributed by atoms with E-state index in [1.807, 2.05) is 26.8 Å². The Morgan fingerprint density at radius 3 is 2.80 bits per heavy atom. The van der Waals surface area contributed by atoms with Crippen LogP contribution in [0.15, 0.2) is 18.2 Å². The Morgan fingerprint density at radius 1 is 1.20 bits per heavy atom. The third-order valence-corrected chi connectivity index (χ3v) is 7.59. The number of phenolic OH excluding ortho intramolecular Hbond substituents is 1. The molecule has 0 fully saturated rings. The average molecular weight is 497 g/mol. The Labute approximate surface area is 209 Å². The number of carbonyl (C=O) groups is 2. The lowest BCUT2D eigenvalue weighted by atomic mass is 9.95. The van der Waals surface area contributed by atoms with Gasteiger partial charge in [0.2, 0.25) is 0 Å².